The molecule has 3 aromatic rings. The topological polar surface area (TPSA) is 101 Å². The fourth-order valence-electron chi connectivity index (χ4n) is 4.31. The van der Waals surface area contributed by atoms with Gasteiger partial charge in [0.1, 0.15) is 11.5 Å². The Labute approximate surface area is 208 Å². The van der Waals surface area contributed by atoms with Gasteiger partial charge in [0, 0.05) is 6.04 Å². The van der Waals surface area contributed by atoms with Crippen LogP contribution in [-0.2, 0) is 9.59 Å². The van der Waals surface area contributed by atoms with E-state index in [4.69, 9.17) is 9.15 Å². The molecule has 1 aromatic carbocycles. The molecule has 1 saturated carbocycles. The fourth-order valence-corrected chi connectivity index (χ4v) is 4.95. The number of aryl methyl sites for hydroxylation is 1. The van der Waals surface area contributed by atoms with E-state index in [1.807, 2.05) is 13.0 Å². The highest BCUT2D eigenvalue weighted by Crippen LogP contribution is 2.36. The van der Waals surface area contributed by atoms with E-state index in [9.17, 15) is 14.4 Å². The first-order valence-corrected chi connectivity index (χ1v) is 12.5. The van der Waals surface area contributed by atoms with Crippen molar-refractivity contribution in [2.45, 2.75) is 44.7 Å². The van der Waals surface area contributed by atoms with Gasteiger partial charge in [0.05, 0.1) is 30.5 Å². The van der Waals surface area contributed by atoms with Gasteiger partial charge in [-0.15, -0.1) is 11.3 Å². The summed E-state index contributed by atoms with van der Waals surface area (Å²) in [6, 6.07) is 11.2. The van der Waals surface area contributed by atoms with Crippen LogP contribution in [0, 0.1) is 6.92 Å². The summed E-state index contributed by atoms with van der Waals surface area (Å²) in [5.41, 5.74) is 1.31. The Hall–Kier alpha value is -3.59. The number of carbonyl (C=O) groups is 3. The minimum atomic E-state index is -1.08. The van der Waals surface area contributed by atoms with Crippen LogP contribution in [0.25, 0.3) is 0 Å². The second-order valence-electron chi connectivity index (χ2n) is 8.51. The van der Waals surface area contributed by atoms with E-state index < -0.39 is 11.9 Å². The van der Waals surface area contributed by atoms with Crippen molar-refractivity contribution >= 4 is 34.7 Å². The number of benzene rings is 1. The van der Waals surface area contributed by atoms with Gasteiger partial charge >= 0.3 is 0 Å². The lowest BCUT2D eigenvalue weighted by molar-refractivity contribution is -0.127. The number of methoxy groups -OCH3 is 1. The summed E-state index contributed by atoms with van der Waals surface area (Å²) in [6.07, 6.45) is 5.38. The van der Waals surface area contributed by atoms with E-state index in [-0.39, 0.29) is 24.4 Å². The van der Waals surface area contributed by atoms with Gasteiger partial charge in [-0.25, -0.2) is 0 Å². The molecule has 0 spiro atoms. The predicted molar refractivity (Wildman–Crippen MR) is 134 cm³/mol. The summed E-state index contributed by atoms with van der Waals surface area (Å²) in [7, 11) is 1.51. The maximum absolute atomic E-state index is 13.7. The zero-order chi connectivity index (χ0) is 24.8. The number of amides is 3. The van der Waals surface area contributed by atoms with Gasteiger partial charge in [0.15, 0.2) is 6.04 Å². The summed E-state index contributed by atoms with van der Waals surface area (Å²) in [5, 5.41) is 7.56. The molecule has 2 heterocycles. The Balaban J connectivity index is 1.70. The SMILES string of the molecule is COc1ccc(C)cc1N(C(=O)CNC(=O)c1cccs1)[C@@H](C(=O)NC1CCCC1)c1ccco1. The van der Waals surface area contributed by atoms with Crippen LogP contribution in [-0.4, -0.2) is 37.4 Å². The molecule has 9 heteroatoms. The lowest BCUT2D eigenvalue weighted by Gasteiger charge is -2.32. The highest BCUT2D eigenvalue weighted by molar-refractivity contribution is 7.12. The van der Waals surface area contributed by atoms with Crippen LogP contribution in [0.3, 0.4) is 0 Å². The summed E-state index contributed by atoms with van der Waals surface area (Å²) in [6.45, 7) is 1.59. The average molecular weight is 496 g/mol. The molecule has 184 valence electrons. The van der Waals surface area contributed by atoms with Crippen LogP contribution < -0.4 is 20.3 Å². The Morgan fingerprint density at radius 2 is 1.97 bits per heavy atom. The Bertz CT molecular complexity index is 1150. The summed E-state index contributed by atoms with van der Waals surface area (Å²) >= 11 is 1.29. The zero-order valence-corrected chi connectivity index (χ0v) is 20.6. The number of ether oxygens (including phenoxy) is 1. The molecular weight excluding hydrogens is 466 g/mol. The maximum atomic E-state index is 13.7. The molecule has 0 unspecified atom stereocenters. The minimum absolute atomic E-state index is 0.0508. The second-order valence-corrected chi connectivity index (χ2v) is 9.45. The molecule has 35 heavy (non-hydrogen) atoms. The Morgan fingerprint density at radius 1 is 1.17 bits per heavy atom. The number of hydrogen-bond acceptors (Lipinski definition) is 6. The normalized spacial score (nSPS) is 14.3. The number of furan rings is 1. The van der Waals surface area contributed by atoms with Crippen molar-refractivity contribution < 1.29 is 23.5 Å². The smallest absolute Gasteiger partial charge is 0.261 e. The van der Waals surface area contributed by atoms with Crippen molar-refractivity contribution in [1.29, 1.82) is 0 Å². The highest BCUT2D eigenvalue weighted by Gasteiger charge is 2.37. The van der Waals surface area contributed by atoms with Crippen LogP contribution in [0.5, 0.6) is 5.75 Å². The Kier molecular flexibility index (Phi) is 7.87. The number of anilines is 1. The first kappa shape index (κ1) is 24.5. The van der Waals surface area contributed by atoms with Gasteiger partial charge in [-0.05, 0) is 61.0 Å². The standard InChI is InChI=1S/C26H29N3O5S/c1-17-11-12-20(33-2)19(15-17)29(23(30)16-27-25(31)22-10-6-14-35-22)24(21-9-5-13-34-21)26(32)28-18-7-3-4-8-18/h5-6,9-15,18,24H,3-4,7-8,16H2,1-2H3,(H,27,31)(H,28,32)/t24-/m1/s1. The van der Waals surface area contributed by atoms with Gasteiger partial charge in [-0.3, -0.25) is 19.3 Å². The molecule has 1 atom stereocenters. The number of thiophene rings is 1. The van der Waals surface area contributed by atoms with Crippen molar-refractivity contribution in [2.75, 3.05) is 18.6 Å². The van der Waals surface area contributed by atoms with Crippen LogP contribution in [0.1, 0.15) is 52.7 Å². The lowest BCUT2D eigenvalue weighted by Crippen LogP contribution is -2.49. The lowest BCUT2D eigenvalue weighted by atomic mass is 10.1. The third kappa shape index (κ3) is 5.74. The molecule has 1 aliphatic carbocycles. The van der Waals surface area contributed by atoms with Gasteiger partial charge in [0.25, 0.3) is 11.8 Å². The van der Waals surface area contributed by atoms with E-state index in [1.54, 1.807) is 41.8 Å². The monoisotopic (exact) mass is 495 g/mol. The van der Waals surface area contributed by atoms with Gasteiger partial charge in [-0.2, -0.15) is 0 Å². The minimum Gasteiger partial charge on any atom is -0.495 e. The fraction of sp³-hybridized carbons (Fsp3) is 0.346. The zero-order valence-electron chi connectivity index (χ0n) is 19.8. The van der Waals surface area contributed by atoms with Crippen LogP contribution in [0.15, 0.2) is 58.5 Å². The van der Waals surface area contributed by atoms with Gasteiger partial charge in [-0.1, -0.05) is 25.0 Å². The van der Waals surface area contributed by atoms with E-state index in [0.717, 1.165) is 31.2 Å². The van der Waals surface area contributed by atoms with Crippen molar-refractivity contribution in [3.63, 3.8) is 0 Å². The summed E-state index contributed by atoms with van der Waals surface area (Å²) in [4.78, 5) is 41.7. The molecule has 1 fully saturated rings. The van der Waals surface area contributed by atoms with Crippen molar-refractivity contribution in [1.82, 2.24) is 10.6 Å². The van der Waals surface area contributed by atoms with Crippen LogP contribution in [0.2, 0.25) is 0 Å². The largest absolute Gasteiger partial charge is 0.495 e. The Morgan fingerprint density at radius 3 is 2.63 bits per heavy atom. The molecule has 0 aliphatic heterocycles. The molecule has 8 nitrogen and oxygen atoms in total. The maximum Gasteiger partial charge on any atom is 0.261 e. The molecule has 3 amide bonds. The summed E-state index contributed by atoms with van der Waals surface area (Å²) < 4.78 is 11.2. The molecule has 1 aliphatic rings. The van der Waals surface area contributed by atoms with Crippen molar-refractivity contribution in [3.8, 4) is 5.75 Å². The number of rotatable bonds is 9. The summed E-state index contributed by atoms with van der Waals surface area (Å²) in [5.74, 6) is -0.412. The first-order chi connectivity index (χ1) is 17.0. The quantitative estimate of drug-likeness (QED) is 0.463. The van der Waals surface area contributed by atoms with E-state index in [0.29, 0.717) is 22.1 Å². The first-order valence-electron chi connectivity index (χ1n) is 11.6. The number of carbonyl (C=O) groups excluding carboxylic acids is 3. The van der Waals surface area contributed by atoms with E-state index in [1.165, 1.54) is 29.6 Å². The van der Waals surface area contributed by atoms with Crippen molar-refractivity contribution in [3.05, 3.63) is 70.3 Å². The third-order valence-electron chi connectivity index (χ3n) is 6.03. The highest BCUT2D eigenvalue weighted by atomic mass is 32.1. The predicted octanol–water partition coefficient (Wildman–Crippen LogP) is 4.22. The molecule has 0 bridgehead atoms. The van der Waals surface area contributed by atoms with Crippen LogP contribution in [0.4, 0.5) is 5.69 Å². The molecule has 2 N–H and O–H groups in total. The average Bonchev–Trinajstić information content (AvgIpc) is 3.64. The molecule has 2 aromatic heterocycles. The van der Waals surface area contributed by atoms with Gasteiger partial charge < -0.3 is 19.8 Å². The molecule has 4 rings (SSSR count). The molecular formula is C26H29N3O5S. The second kappa shape index (κ2) is 11.2. The van der Waals surface area contributed by atoms with E-state index >= 15 is 0 Å². The molecule has 0 saturated heterocycles. The number of hydrogen-bond donors (Lipinski definition) is 2. The number of nitrogens with one attached hydrogen (secondary N) is 2. The van der Waals surface area contributed by atoms with Crippen LogP contribution >= 0.6 is 11.3 Å². The van der Waals surface area contributed by atoms with E-state index in [2.05, 4.69) is 10.6 Å². The van der Waals surface area contributed by atoms with Gasteiger partial charge in [0.2, 0.25) is 5.91 Å². The number of nitrogens with zero attached hydrogens (tertiary/aromatic N) is 1. The third-order valence-corrected chi connectivity index (χ3v) is 6.90. The molecule has 0 radical (unpaired) electrons. The van der Waals surface area contributed by atoms with Crippen molar-refractivity contribution in [2.24, 2.45) is 0 Å².